The number of carbonyl (C=O) groups excluding carboxylic acids is 2. The molecule has 1 amide bonds. The van der Waals surface area contributed by atoms with Crippen molar-refractivity contribution in [3.8, 4) is 0 Å². The first kappa shape index (κ1) is 26.2. The smallest absolute Gasteiger partial charge is 0.356 e. The number of methoxy groups -OCH3 is 1. The molecular weight excluding hydrogens is 482 g/mol. The number of anilines is 2. The molecule has 0 aliphatic carbocycles. The molecule has 9 heteroatoms. The zero-order valence-electron chi connectivity index (χ0n) is 22.2. The largest absolute Gasteiger partial charge is 0.464 e. The lowest BCUT2D eigenvalue weighted by molar-refractivity contribution is -0.119. The van der Waals surface area contributed by atoms with Gasteiger partial charge in [0.15, 0.2) is 5.69 Å². The molecule has 9 nitrogen and oxygen atoms in total. The summed E-state index contributed by atoms with van der Waals surface area (Å²) in [5.41, 5.74) is 3.44. The van der Waals surface area contributed by atoms with E-state index in [-0.39, 0.29) is 11.8 Å². The van der Waals surface area contributed by atoms with E-state index in [1.54, 1.807) is 0 Å². The highest BCUT2D eigenvalue weighted by molar-refractivity contribution is 6.11. The molecule has 4 heterocycles. The minimum atomic E-state index is -0.504. The van der Waals surface area contributed by atoms with Gasteiger partial charge in [-0.1, -0.05) is 37.3 Å². The van der Waals surface area contributed by atoms with Crippen LogP contribution in [-0.4, -0.2) is 72.3 Å². The van der Waals surface area contributed by atoms with E-state index in [0.717, 1.165) is 49.1 Å². The molecule has 2 N–H and O–H groups in total. The average Bonchev–Trinajstić information content (AvgIpc) is 3.60. The molecule has 202 valence electrons. The highest BCUT2D eigenvalue weighted by Gasteiger charge is 2.30. The number of rotatable bonds is 9. The molecule has 0 bridgehead atoms. The van der Waals surface area contributed by atoms with Crippen LogP contribution >= 0.6 is 0 Å². The van der Waals surface area contributed by atoms with Crippen LogP contribution in [0.25, 0.3) is 11.0 Å². The average molecular weight is 520 g/mol. The Bertz CT molecular complexity index is 1260. The van der Waals surface area contributed by atoms with Gasteiger partial charge in [0.25, 0.3) is 0 Å². The lowest BCUT2D eigenvalue weighted by Crippen LogP contribution is -2.38. The monoisotopic (exact) mass is 519 g/mol. The summed E-state index contributed by atoms with van der Waals surface area (Å²) in [4.78, 5) is 33.6. The topological polar surface area (TPSA) is 97.7 Å². The van der Waals surface area contributed by atoms with Crippen molar-refractivity contribution in [2.24, 2.45) is 5.92 Å². The van der Waals surface area contributed by atoms with Gasteiger partial charge in [0.05, 0.1) is 37.2 Å². The molecule has 2 aliphatic rings. The molecule has 0 unspecified atom stereocenters. The van der Waals surface area contributed by atoms with Crippen LogP contribution in [0.4, 0.5) is 11.4 Å². The maximum atomic E-state index is 13.2. The second kappa shape index (κ2) is 12.0. The fraction of sp³-hybridized carbons (Fsp3) is 0.483. The minimum absolute atomic E-state index is 0.153. The number of aryl methyl sites for hydroxylation is 2. The van der Waals surface area contributed by atoms with Crippen LogP contribution in [0.3, 0.4) is 0 Å². The number of carbonyl (C=O) groups is 2. The van der Waals surface area contributed by atoms with Gasteiger partial charge in [0.2, 0.25) is 5.91 Å². The summed E-state index contributed by atoms with van der Waals surface area (Å²) < 4.78 is 12.5. The molecule has 2 fully saturated rings. The Morgan fingerprint density at radius 3 is 2.63 bits per heavy atom. The van der Waals surface area contributed by atoms with Gasteiger partial charge in [-0.3, -0.25) is 4.79 Å². The summed E-state index contributed by atoms with van der Waals surface area (Å²) in [5, 5.41) is 7.42. The standard InChI is InChI=1S/C29H37N5O4/c1-3-33-13-10-22(11-14-33)31-23-17-24-25(32-28(35)21-12-16-38-19-21)26(29(36)37-2)34(27(24)30-18-23)15-9-20-7-5-4-6-8-20/h4-8,17-18,21-22,31H,3,9-16,19H2,1-2H3,(H,32,35)/t21-/m0/s1. The molecule has 1 aromatic carbocycles. The third kappa shape index (κ3) is 5.68. The normalized spacial score (nSPS) is 18.5. The van der Waals surface area contributed by atoms with E-state index >= 15 is 0 Å². The number of hydrogen-bond acceptors (Lipinski definition) is 7. The molecule has 0 saturated carbocycles. The second-order valence-corrected chi connectivity index (χ2v) is 10.1. The fourth-order valence-corrected chi connectivity index (χ4v) is 5.44. The van der Waals surface area contributed by atoms with E-state index in [4.69, 9.17) is 14.5 Å². The van der Waals surface area contributed by atoms with Crippen molar-refractivity contribution in [1.82, 2.24) is 14.5 Å². The number of hydrogen-bond donors (Lipinski definition) is 2. The summed E-state index contributed by atoms with van der Waals surface area (Å²) in [6, 6.07) is 12.5. The molecule has 2 saturated heterocycles. The van der Waals surface area contributed by atoms with Crippen LogP contribution in [0.15, 0.2) is 42.6 Å². The quantitative estimate of drug-likeness (QED) is 0.413. The second-order valence-electron chi connectivity index (χ2n) is 10.1. The summed E-state index contributed by atoms with van der Waals surface area (Å²) in [5.74, 6) is -0.906. The van der Waals surface area contributed by atoms with Gasteiger partial charge < -0.3 is 29.6 Å². The van der Waals surface area contributed by atoms with Crippen molar-refractivity contribution in [3.63, 3.8) is 0 Å². The molecule has 5 rings (SSSR count). The van der Waals surface area contributed by atoms with Crippen molar-refractivity contribution in [2.45, 2.75) is 45.2 Å². The number of benzene rings is 1. The van der Waals surface area contributed by atoms with Crippen molar-refractivity contribution >= 4 is 34.3 Å². The molecule has 0 radical (unpaired) electrons. The Balaban J connectivity index is 1.51. The van der Waals surface area contributed by atoms with Gasteiger partial charge in [0.1, 0.15) is 5.65 Å². The summed E-state index contributed by atoms with van der Waals surface area (Å²) in [7, 11) is 1.36. The first-order valence-electron chi connectivity index (χ1n) is 13.6. The van der Waals surface area contributed by atoms with Crippen molar-refractivity contribution in [1.29, 1.82) is 0 Å². The van der Waals surface area contributed by atoms with Gasteiger partial charge in [-0.05, 0) is 43.9 Å². The number of ether oxygens (including phenoxy) is 2. The first-order chi connectivity index (χ1) is 18.6. The van der Waals surface area contributed by atoms with E-state index in [1.165, 1.54) is 7.11 Å². The number of nitrogens with zero attached hydrogens (tertiary/aromatic N) is 3. The number of aromatic nitrogens is 2. The zero-order valence-corrected chi connectivity index (χ0v) is 22.2. The number of likely N-dealkylation sites (tertiary alicyclic amines) is 1. The van der Waals surface area contributed by atoms with Crippen LogP contribution in [0.5, 0.6) is 0 Å². The maximum absolute atomic E-state index is 13.2. The van der Waals surface area contributed by atoms with E-state index in [0.29, 0.717) is 55.7 Å². The predicted octanol–water partition coefficient (Wildman–Crippen LogP) is 3.94. The summed E-state index contributed by atoms with van der Waals surface area (Å²) in [6.45, 7) is 6.86. The molecule has 2 aliphatic heterocycles. The molecule has 1 atom stereocenters. The predicted molar refractivity (Wildman–Crippen MR) is 148 cm³/mol. The van der Waals surface area contributed by atoms with Crippen molar-refractivity contribution in [3.05, 3.63) is 53.9 Å². The molecule has 38 heavy (non-hydrogen) atoms. The Morgan fingerprint density at radius 1 is 1.16 bits per heavy atom. The summed E-state index contributed by atoms with van der Waals surface area (Å²) >= 11 is 0. The number of pyridine rings is 1. The van der Waals surface area contributed by atoms with Crippen LogP contribution in [-0.2, 0) is 27.2 Å². The molecule has 2 aromatic heterocycles. The van der Waals surface area contributed by atoms with Crippen molar-refractivity contribution < 1.29 is 19.1 Å². The Kier molecular flexibility index (Phi) is 8.24. The number of amides is 1. The number of piperidine rings is 1. The number of fused-ring (bicyclic) bond motifs is 1. The molecular formula is C29H37N5O4. The van der Waals surface area contributed by atoms with Crippen LogP contribution in [0.2, 0.25) is 0 Å². The van der Waals surface area contributed by atoms with E-state index < -0.39 is 5.97 Å². The first-order valence-corrected chi connectivity index (χ1v) is 13.6. The summed E-state index contributed by atoms with van der Waals surface area (Å²) in [6.07, 6.45) is 5.31. The van der Waals surface area contributed by atoms with E-state index in [9.17, 15) is 9.59 Å². The fourth-order valence-electron chi connectivity index (χ4n) is 5.44. The third-order valence-electron chi connectivity index (χ3n) is 7.70. The molecule has 0 spiro atoms. The zero-order chi connectivity index (χ0) is 26.5. The lowest BCUT2D eigenvalue weighted by atomic mass is 10.0. The molecule has 3 aromatic rings. The van der Waals surface area contributed by atoms with E-state index in [1.807, 2.05) is 35.0 Å². The SMILES string of the molecule is CCN1CCC(Nc2cnc3c(c2)c(NC(=O)[C@H]2CCOC2)c(C(=O)OC)n3CCc2ccccc2)CC1. The number of esters is 1. The van der Waals surface area contributed by atoms with Crippen LogP contribution < -0.4 is 10.6 Å². The van der Waals surface area contributed by atoms with Gasteiger partial charge in [-0.25, -0.2) is 9.78 Å². The van der Waals surface area contributed by atoms with Gasteiger partial charge in [0, 0.05) is 37.7 Å². The Hall–Kier alpha value is -3.43. The van der Waals surface area contributed by atoms with E-state index in [2.05, 4.69) is 34.6 Å². The lowest BCUT2D eigenvalue weighted by Gasteiger charge is -2.31. The highest BCUT2D eigenvalue weighted by Crippen LogP contribution is 2.34. The van der Waals surface area contributed by atoms with Gasteiger partial charge in [-0.15, -0.1) is 0 Å². The minimum Gasteiger partial charge on any atom is -0.464 e. The van der Waals surface area contributed by atoms with Crippen LogP contribution in [0.1, 0.15) is 42.2 Å². The van der Waals surface area contributed by atoms with Crippen LogP contribution in [0, 0.1) is 5.92 Å². The van der Waals surface area contributed by atoms with Gasteiger partial charge in [-0.2, -0.15) is 0 Å². The third-order valence-corrected chi connectivity index (χ3v) is 7.70. The van der Waals surface area contributed by atoms with Gasteiger partial charge >= 0.3 is 5.97 Å². The Morgan fingerprint density at radius 2 is 1.95 bits per heavy atom. The highest BCUT2D eigenvalue weighted by atomic mass is 16.5. The Labute approximate surface area is 223 Å². The number of nitrogens with one attached hydrogen (secondary N) is 2. The van der Waals surface area contributed by atoms with Crippen molar-refractivity contribution in [2.75, 3.05) is 50.6 Å². The maximum Gasteiger partial charge on any atom is 0.356 e.